The number of nitrogens with one attached hydrogen (secondary N) is 2. The molecule has 23 heavy (non-hydrogen) atoms. The Hall–Kier alpha value is -2.90. The first-order valence-electron chi connectivity index (χ1n) is 6.81. The molecule has 8 nitrogen and oxygen atoms in total. The minimum absolute atomic E-state index is 0.202. The third-order valence-electron chi connectivity index (χ3n) is 3.06. The Morgan fingerprint density at radius 1 is 1.22 bits per heavy atom. The van der Waals surface area contributed by atoms with Crippen molar-refractivity contribution in [2.45, 2.75) is 24.9 Å². The molecule has 2 amide bonds. The first-order valence-corrected chi connectivity index (χ1v) is 6.81. The van der Waals surface area contributed by atoms with Crippen molar-refractivity contribution >= 4 is 24.3 Å². The number of methoxy groups -OCH3 is 1. The normalized spacial score (nSPS) is 12.6. The van der Waals surface area contributed by atoms with Crippen molar-refractivity contribution in [1.29, 1.82) is 0 Å². The number of aliphatic carboxylic acids is 1. The van der Waals surface area contributed by atoms with Gasteiger partial charge in [0.1, 0.15) is 12.1 Å². The van der Waals surface area contributed by atoms with Crippen LogP contribution in [0.3, 0.4) is 0 Å². The van der Waals surface area contributed by atoms with E-state index in [9.17, 15) is 19.2 Å². The van der Waals surface area contributed by atoms with Crippen molar-refractivity contribution in [2.24, 2.45) is 0 Å². The smallest absolute Gasteiger partial charge is 0.328 e. The second-order valence-corrected chi connectivity index (χ2v) is 4.71. The van der Waals surface area contributed by atoms with Crippen LogP contribution in [-0.4, -0.2) is 48.6 Å². The molecule has 3 N–H and O–H groups in total. The molecule has 0 aliphatic rings. The number of carbonyl (C=O) groups is 4. The number of amides is 2. The molecule has 1 aromatic carbocycles. The molecule has 1 aromatic rings. The van der Waals surface area contributed by atoms with E-state index in [1.165, 1.54) is 7.11 Å². The fourth-order valence-corrected chi connectivity index (χ4v) is 1.92. The average Bonchev–Trinajstić information content (AvgIpc) is 2.54. The number of rotatable bonds is 9. The van der Waals surface area contributed by atoms with E-state index in [0.29, 0.717) is 0 Å². The second kappa shape index (κ2) is 9.19. The van der Waals surface area contributed by atoms with Crippen molar-refractivity contribution in [1.82, 2.24) is 10.6 Å². The van der Waals surface area contributed by atoms with Crippen LogP contribution in [0.5, 0.6) is 0 Å². The number of carboxylic acids is 1. The van der Waals surface area contributed by atoms with E-state index in [4.69, 9.17) is 5.11 Å². The highest BCUT2D eigenvalue weighted by Gasteiger charge is 2.25. The number of esters is 1. The summed E-state index contributed by atoms with van der Waals surface area (Å²) in [5.74, 6) is -2.67. The molecule has 8 heteroatoms. The van der Waals surface area contributed by atoms with Gasteiger partial charge in [0.05, 0.1) is 13.5 Å². The summed E-state index contributed by atoms with van der Waals surface area (Å²) in [6.07, 6.45) is -0.0811. The van der Waals surface area contributed by atoms with Crippen LogP contribution in [0, 0.1) is 0 Å². The molecule has 0 spiro atoms. The topological polar surface area (TPSA) is 122 Å². The van der Waals surface area contributed by atoms with Crippen LogP contribution in [0.4, 0.5) is 0 Å². The molecule has 1 rings (SSSR count). The number of hydrogen-bond acceptors (Lipinski definition) is 5. The summed E-state index contributed by atoms with van der Waals surface area (Å²) in [7, 11) is 1.19. The van der Waals surface area contributed by atoms with Crippen LogP contribution in [0.1, 0.15) is 12.0 Å². The molecule has 0 bridgehead atoms. The first kappa shape index (κ1) is 18.1. The summed E-state index contributed by atoms with van der Waals surface area (Å²) < 4.78 is 4.64. The molecule has 2 atom stereocenters. The van der Waals surface area contributed by atoms with Crippen LogP contribution in [0.2, 0.25) is 0 Å². The Morgan fingerprint density at radius 3 is 2.39 bits per heavy atom. The summed E-state index contributed by atoms with van der Waals surface area (Å²) in [5, 5.41) is 13.3. The zero-order chi connectivity index (χ0) is 17.2. The lowest BCUT2D eigenvalue weighted by molar-refractivity contribution is -0.145. The van der Waals surface area contributed by atoms with Gasteiger partial charge in [0, 0.05) is 6.42 Å². The predicted octanol–water partition coefficient (Wildman–Crippen LogP) is -0.524. The fraction of sp³-hybridized carbons (Fsp3) is 0.333. The maximum Gasteiger partial charge on any atom is 0.328 e. The quantitative estimate of drug-likeness (QED) is 0.415. The van der Waals surface area contributed by atoms with E-state index >= 15 is 0 Å². The van der Waals surface area contributed by atoms with Crippen molar-refractivity contribution in [2.75, 3.05) is 7.11 Å². The summed E-state index contributed by atoms with van der Waals surface area (Å²) in [6.45, 7) is 0. The number of ether oxygens (including phenoxy) is 1. The van der Waals surface area contributed by atoms with E-state index in [2.05, 4.69) is 10.1 Å². The van der Waals surface area contributed by atoms with E-state index in [1.54, 1.807) is 24.3 Å². The van der Waals surface area contributed by atoms with Gasteiger partial charge in [-0.15, -0.1) is 0 Å². The number of carbonyl (C=O) groups excluding carboxylic acids is 3. The predicted molar refractivity (Wildman–Crippen MR) is 79.3 cm³/mol. The SMILES string of the molecule is COC(=O)C(Cc1ccccc1)NC(=O)CC(NC=O)C(=O)O. The van der Waals surface area contributed by atoms with Crippen molar-refractivity contribution in [3.05, 3.63) is 35.9 Å². The van der Waals surface area contributed by atoms with Crippen LogP contribution >= 0.6 is 0 Å². The Bertz CT molecular complexity index is 560. The van der Waals surface area contributed by atoms with Gasteiger partial charge < -0.3 is 20.5 Å². The van der Waals surface area contributed by atoms with Gasteiger partial charge in [-0.25, -0.2) is 9.59 Å². The van der Waals surface area contributed by atoms with E-state index in [-0.39, 0.29) is 12.8 Å². The van der Waals surface area contributed by atoms with Gasteiger partial charge >= 0.3 is 11.9 Å². The average molecular weight is 322 g/mol. The minimum atomic E-state index is -1.36. The molecule has 0 aliphatic carbocycles. The highest BCUT2D eigenvalue weighted by Crippen LogP contribution is 2.05. The number of hydrogen-bond donors (Lipinski definition) is 3. The van der Waals surface area contributed by atoms with E-state index in [1.807, 2.05) is 11.4 Å². The maximum atomic E-state index is 11.9. The molecule has 2 unspecified atom stereocenters. The molecular weight excluding hydrogens is 304 g/mol. The molecule has 124 valence electrons. The molecule has 0 fully saturated rings. The lowest BCUT2D eigenvalue weighted by atomic mass is 10.1. The van der Waals surface area contributed by atoms with Crippen molar-refractivity contribution in [3.8, 4) is 0 Å². The third-order valence-corrected chi connectivity index (χ3v) is 3.06. The third kappa shape index (κ3) is 6.16. The summed E-state index contributed by atoms with van der Waals surface area (Å²) in [6, 6.07) is 6.67. The lowest BCUT2D eigenvalue weighted by Crippen LogP contribution is -2.46. The first-order chi connectivity index (χ1) is 11.0. The largest absolute Gasteiger partial charge is 0.480 e. The summed E-state index contributed by atoms with van der Waals surface area (Å²) in [5.41, 5.74) is 0.809. The van der Waals surface area contributed by atoms with Gasteiger partial charge in [0.15, 0.2) is 0 Å². The van der Waals surface area contributed by atoms with Crippen LogP contribution in [0.15, 0.2) is 30.3 Å². The summed E-state index contributed by atoms with van der Waals surface area (Å²) >= 11 is 0. The minimum Gasteiger partial charge on any atom is -0.480 e. The number of carboxylic acid groups (broad SMARTS) is 1. The van der Waals surface area contributed by atoms with E-state index in [0.717, 1.165) is 5.56 Å². The zero-order valence-electron chi connectivity index (χ0n) is 12.5. The molecular formula is C15H18N2O6. The van der Waals surface area contributed by atoms with Gasteiger partial charge in [-0.2, -0.15) is 0 Å². The summed E-state index contributed by atoms with van der Waals surface area (Å²) in [4.78, 5) is 44.9. The molecule has 0 radical (unpaired) electrons. The van der Waals surface area contributed by atoms with Crippen molar-refractivity contribution in [3.63, 3.8) is 0 Å². The standard InChI is InChI=1S/C15H18N2O6/c1-23-15(22)12(7-10-5-3-2-4-6-10)17-13(19)8-11(14(20)21)16-9-18/h2-6,9,11-12H,7-8H2,1H3,(H,16,18)(H,17,19)(H,20,21). The molecule has 0 aromatic heterocycles. The Balaban J connectivity index is 2.72. The molecule has 0 saturated carbocycles. The number of benzene rings is 1. The monoisotopic (exact) mass is 322 g/mol. The van der Waals surface area contributed by atoms with Crippen LogP contribution in [-0.2, 0) is 30.3 Å². The lowest BCUT2D eigenvalue weighted by Gasteiger charge is -2.18. The Labute approximate surface area is 132 Å². The Morgan fingerprint density at radius 2 is 1.87 bits per heavy atom. The molecule has 0 heterocycles. The van der Waals surface area contributed by atoms with Crippen LogP contribution in [0.25, 0.3) is 0 Å². The second-order valence-electron chi connectivity index (χ2n) is 4.71. The van der Waals surface area contributed by atoms with E-state index < -0.39 is 36.4 Å². The maximum absolute atomic E-state index is 11.9. The highest BCUT2D eigenvalue weighted by atomic mass is 16.5. The molecule has 0 aliphatic heterocycles. The van der Waals surface area contributed by atoms with Gasteiger partial charge in [-0.05, 0) is 5.56 Å². The Kier molecular flexibility index (Phi) is 7.25. The fourth-order valence-electron chi connectivity index (χ4n) is 1.92. The van der Waals surface area contributed by atoms with Gasteiger partial charge in [0.25, 0.3) is 0 Å². The van der Waals surface area contributed by atoms with Gasteiger partial charge in [0.2, 0.25) is 12.3 Å². The molecule has 0 saturated heterocycles. The van der Waals surface area contributed by atoms with Crippen LogP contribution < -0.4 is 10.6 Å². The van der Waals surface area contributed by atoms with Gasteiger partial charge in [-0.3, -0.25) is 9.59 Å². The highest BCUT2D eigenvalue weighted by molar-refractivity contribution is 5.88. The van der Waals surface area contributed by atoms with Gasteiger partial charge in [-0.1, -0.05) is 30.3 Å². The van der Waals surface area contributed by atoms with Crippen molar-refractivity contribution < 1.29 is 29.0 Å². The zero-order valence-corrected chi connectivity index (χ0v) is 12.5.